The lowest BCUT2D eigenvalue weighted by molar-refractivity contribution is -0.289. The molecule has 0 aliphatic carbocycles. The predicted molar refractivity (Wildman–Crippen MR) is 221 cm³/mol. The summed E-state index contributed by atoms with van der Waals surface area (Å²) in [4.78, 5) is 27.7. The molecule has 9 nitrogen and oxygen atoms in total. The molecule has 0 unspecified atom stereocenters. The Bertz CT molecular complexity index is 2320. The highest BCUT2D eigenvalue weighted by atomic mass is 79.9. The van der Waals surface area contributed by atoms with Gasteiger partial charge >= 0.3 is 0 Å². The molecular formula is C47H43BrN2O7. The molecule has 0 radical (unpaired) electrons. The van der Waals surface area contributed by atoms with Gasteiger partial charge in [-0.2, -0.15) is 0 Å². The molecule has 0 spiro atoms. The van der Waals surface area contributed by atoms with Gasteiger partial charge in [-0.15, -0.1) is 0 Å². The van der Waals surface area contributed by atoms with Crippen molar-refractivity contribution in [3.8, 4) is 0 Å². The van der Waals surface area contributed by atoms with Crippen LogP contribution in [-0.4, -0.2) is 59.4 Å². The van der Waals surface area contributed by atoms with Crippen LogP contribution < -0.4 is 0 Å². The maximum atomic E-state index is 13.6. The number of carbonyl (C=O) groups is 2. The molecular weight excluding hydrogens is 784 g/mol. The second-order valence-corrected chi connectivity index (χ2v) is 15.0. The first-order valence-corrected chi connectivity index (χ1v) is 19.8. The molecule has 2 aliphatic heterocycles. The Morgan fingerprint density at radius 3 is 1.58 bits per heavy atom. The molecule has 2 amide bonds. The molecule has 10 heteroatoms. The van der Waals surface area contributed by atoms with E-state index in [9.17, 15) is 9.59 Å². The number of fused-ring (bicyclic) bond motifs is 1. The monoisotopic (exact) mass is 826 g/mol. The number of rotatable bonds is 15. The minimum Gasteiger partial charge on any atom is -0.374 e. The first-order valence-electron chi connectivity index (χ1n) is 19.0. The summed E-state index contributed by atoms with van der Waals surface area (Å²) in [7, 11) is 1.49. The Labute approximate surface area is 340 Å². The van der Waals surface area contributed by atoms with Gasteiger partial charge < -0.3 is 28.3 Å². The second kappa shape index (κ2) is 17.9. The molecule has 57 heavy (non-hydrogen) atoms. The lowest BCUT2D eigenvalue weighted by atomic mass is 9.96. The highest BCUT2D eigenvalue weighted by molar-refractivity contribution is 9.12. The Hall–Kier alpha value is -5.20. The summed E-state index contributed by atoms with van der Waals surface area (Å²) < 4.78 is 36.6. The van der Waals surface area contributed by atoms with Crippen LogP contribution in [0.25, 0.3) is 16.5 Å². The first kappa shape index (κ1) is 38.7. The third-order valence-corrected chi connectivity index (χ3v) is 11.1. The summed E-state index contributed by atoms with van der Waals surface area (Å²) in [5.74, 6) is -0.782. The van der Waals surface area contributed by atoms with Crippen molar-refractivity contribution in [3.05, 3.63) is 184 Å². The first-order chi connectivity index (χ1) is 28.0. The van der Waals surface area contributed by atoms with E-state index in [2.05, 4.69) is 15.9 Å². The van der Waals surface area contributed by atoms with Gasteiger partial charge in [0, 0.05) is 24.2 Å². The van der Waals surface area contributed by atoms with Crippen molar-refractivity contribution in [1.82, 2.24) is 9.47 Å². The number of aromatic nitrogens is 1. The van der Waals surface area contributed by atoms with Crippen LogP contribution in [0.4, 0.5) is 0 Å². The number of hydrogen-bond donors (Lipinski definition) is 0. The van der Waals surface area contributed by atoms with E-state index in [0.29, 0.717) is 31.0 Å². The normalized spacial score (nSPS) is 21.2. The van der Waals surface area contributed by atoms with Gasteiger partial charge in [-0.25, -0.2) is 0 Å². The molecule has 2 aliphatic rings. The average Bonchev–Trinajstić information content (AvgIpc) is 3.72. The Morgan fingerprint density at radius 2 is 1.05 bits per heavy atom. The van der Waals surface area contributed by atoms with Gasteiger partial charge in [0.25, 0.3) is 11.8 Å². The molecule has 290 valence electrons. The summed E-state index contributed by atoms with van der Waals surface area (Å²) in [5.41, 5.74) is 5.72. The van der Waals surface area contributed by atoms with Crippen molar-refractivity contribution in [1.29, 1.82) is 0 Å². The zero-order valence-electron chi connectivity index (χ0n) is 31.5. The molecule has 3 heterocycles. The highest BCUT2D eigenvalue weighted by Crippen LogP contribution is 2.42. The third-order valence-electron chi connectivity index (χ3n) is 10.4. The van der Waals surface area contributed by atoms with E-state index in [1.165, 1.54) is 7.05 Å². The topological polar surface area (TPSA) is 88.5 Å². The van der Waals surface area contributed by atoms with Gasteiger partial charge in [0.1, 0.15) is 24.4 Å². The van der Waals surface area contributed by atoms with E-state index in [4.69, 9.17) is 23.7 Å². The van der Waals surface area contributed by atoms with Crippen LogP contribution in [0.2, 0.25) is 0 Å². The van der Waals surface area contributed by atoms with Crippen molar-refractivity contribution in [2.45, 2.75) is 57.1 Å². The molecule has 1 saturated heterocycles. The number of hydrogen-bond acceptors (Lipinski definition) is 7. The maximum absolute atomic E-state index is 13.6. The average molecular weight is 828 g/mol. The fraction of sp³-hybridized carbons (Fsp3) is 0.234. The minimum absolute atomic E-state index is 0.196. The summed E-state index contributed by atoms with van der Waals surface area (Å²) in [6.07, 6.45) is -1.50. The van der Waals surface area contributed by atoms with Crippen LogP contribution >= 0.6 is 15.9 Å². The standard InChI is InChI=1S/C47H43BrN2O7/c1-49-45(51)40(41(48)46(49)52)37-26-50(38-25-15-14-24-36(37)38)47-44(56-30-35-22-12-5-13-23-35)43(55-29-34-20-10-4-11-21-34)42(54-28-33-18-8-3-9-19-33)39(57-47)31-53-27-32-16-6-2-7-17-32/h2-26,39,42-44,47H,27-31H2,1H3/t39-,42-,43+,44-,47-/m1/s1. The second-order valence-electron chi connectivity index (χ2n) is 14.2. The van der Waals surface area contributed by atoms with E-state index in [0.717, 1.165) is 38.1 Å². The quantitative estimate of drug-likeness (QED) is 0.0959. The van der Waals surface area contributed by atoms with Crippen molar-refractivity contribution in [2.75, 3.05) is 13.7 Å². The fourth-order valence-electron chi connectivity index (χ4n) is 7.44. The summed E-state index contributed by atoms with van der Waals surface area (Å²) in [6, 6.07) is 47.8. The van der Waals surface area contributed by atoms with Gasteiger partial charge in [0.15, 0.2) is 6.23 Å². The highest BCUT2D eigenvalue weighted by Gasteiger charge is 2.50. The minimum atomic E-state index is -0.778. The van der Waals surface area contributed by atoms with E-state index in [1.54, 1.807) is 0 Å². The molecule has 1 fully saturated rings. The zero-order chi connectivity index (χ0) is 39.1. The molecule has 0 bridgehead atoms. The maximum Gasteiger partial charge on any atom is 0.268 e. The molecule has 6 aromatic rings. The smallest absolute Gasteiger partial charge is 0.268 e. The van der Waals surface area contributed by atoms with Crippen LogP contribution in [0.1, 0.15) is 34.0 Å². The largest absolute Gasteiger partial charge is 0.374 e. The number of benzene rings is 5. The molecule has 0 N–H and O–H groups in total. The molecule has 5 atom stereocenters. The summed E-state index contributed by atoms with van der Waals surface area (Å²) >= 11 is 3.44. The number of amides is 2. The van der Waals surface area contributed by atoms with Gasteiger partial charge in [-0.1, -0.05) is 140 Å². The summed E-state index contributed by atoms with van der Waals surface area (Å²) in [6.45, 7) is 1.46. The number of nitrogens with zero attached hydrogens (tertiary/aromatic N) is 2. The Balaban J connectivity index is 1.24. The van der Waals surface area contributed by atoms with Gasteiger partial charge in [-0.3, -0.25) is 14.5 Å². The van der Waals surface area contributed by atoms with Crippen LogP contribution in [0.3, 0.4) is 0 Å². The molecule has 8 rings (SSSR count). The van der Waals surface area contributed by atoms with Gasteiger partial charge in [0.2, 0.25) is 0 Å². The number of halogens is 1. The van der Waals surface area contributed by atoms with E-state index < -0.39 is 36.6 Å². The Kier molecular flexibility index (Phi) is 12.2. The number of carbonyl (C=O) groups excluding carboxylic acids is 2. The van der Waals surface area contributed by atoms with Gasteiger partial charge in [0.05, 0.1) is 48.6 Å². The Morgan fingerprint density at radius 1 is 0.579 bits per heavy atom. The van der Waals surface area contributed by atoms with Crippen molar-refractivity contribution in [3.63, 3.8) is 0 Å². The number of ether oxygens (including phenoxy) is 5. The van der Waals surface area contributed by atoms with E-state index >= 15 is 0 Å². The predicted octanol–water partition coefficient (Wildman–Crippen LogP) is 8.62. The SMILES string of the molecule is CN1C(=O)C(Br)=C(c2cn([C@@H]3O[C@H](COCc4ccccc4)[C@@H](OCc4ccccc4)[C@H](OCc4ccccc4)[C@H]3OCc3ccccc3)c3ccccc23)C1=O. The van der Waals surface area contributed by atoms with E-state index in [1.807, 2.05) is 156 Å². The van der Waals surface area contributed by atoms with Crippen LogP contribution in [-0.2, 0) is 59.7 Å². The molecule has 0 saturated carbocycles. The lowest BCUT2D eigenvalue weighted by Gasteiger charge is -2.46. The van der Waals surface area contributed by atoms with Crippen molar-refractivity contribution < 1.29 is 33.3 Å². The number of imide groups is 1. The van der Waals surface area contributed by atoms with Crippen molar-refractivity contribution >= 4 is 44.2 Å². The van der Waals surface area contributed by atoms with E-state index in [-0.39, 0.29) is 23.6 Å². The fourth-order valence-corrected chi connectivity index (χ4v) is 8.09. The molecule has 1 aromatic heterocycles. The number of para-hydroxylation sites is 1. The van der Waals surface area contributed by atoms with Crippen LogP contribution in [0, 0.1) is 0 Å². The third kappa shape index (κ3) is 8.57. The van der Waals surface area contributed by atoms with Crippen LogP contribution in [0.15, 0.2) is 156 Å². The van der Waals surface area contributed by atoms with Crippen molar-refractivity contribution in [2.24, 2.45) is 0 Å². The zero-order valence-corrected chi connectivity index (χ0v) is 33.1. The molecule has 5 aromatic carbocycles. The lowest BCUT2D eigenvalue weighted by Crippen LogP contribution is -2.59. The number of likely N-dealkylation sites (N-methyl/N-ethyl adjacent to an activating group) is 1. The van der Waals surface area contributed by atoms with Crippen LogP contribution in [0.5, 0.6) is 0 Å². The summed E-state index contributed by atoms with van der Waals surface area (Å²) in [5, 5.41) is 0.785. The van der Waals surface area contributed by atoms with Gasteiger partial charge in [-0.05, 0) is 44.3 Å².